The molecular weight excluding hydrogens is 287 g/mol. The molecule has 0 spiro atoms. The molecule has 0 atom stereocenters. The molecule has 0 fully saturated rings. The van der Waals surface area contributed by atoms with Crippen molar-refractivity contribution in [2.75, 3.05) is 13.1 Å². The number of imidazole rings is 1. The van der Waals surface area contributed by atoms with Gasteiger partial charge in [0.25, 0.3) is 0 Å². The molecule has 0 aliphatic rings. The lowest BCUT2D eigenvalue weighted by Crippen LogP contribution is -2.32. The van der Waals surface area contributed by atoms with E-state index in [4.69, 9.17) is 5.73 Å². The summed E-state index contributed by atoms with van der Waals surface area (Å²) in [5.74, 6) is 0.802. The maximum absolute atomic E-state index is 11.6. The average Bonchev–Trinajstić information content (AvgIpc) is 2.64. The summed E-state index contributed by atoms with van der Waals surface area (Å²) in [6, 6.07) is 7.79. The summed E-state index contributed by atoms with van der Waals surface area (Å²) in [6.45, 7) is 3.14. The van der Waals surface area contributed by atoms with Crippen LogP contribution < -0.4 is 11.1 Å². The van der Waals surface area contributed by atoms with Gasteiger partial charge in [-0.05, 0) is 19.1 Å². The molecule has 7 heteroatoms. The Hall–Kier alpha value is -1.30. The van der Waals surface area contributed by atoms with Crippen LogP contribution in [0.15, 0.2) is 24.3 Å². The summed E-state index contributed by atoms with van der Waals surface area (Å²) in [5.41, 5.74) is 7.23. The fraction of sp³-hybridized carbons (Fsp3) is 0.333. The first-order chi connectivity index (χ1) is 8.22. The Kier molecular flexibility index (Phi) is 7.44. The summed E-state index contributed by atoms with van der Waals surface area (Å²) < 4.78 is 1.90. The fourth-order valence-corrected chi connectivity index (χ4v) is 1.81. The van der Waals surface area contributed by atoms with Crippen LogP contribution in [0.2, 0.25) is 0 Å². The topological polar surface area (TPSA) is 72.9 Å². The molecule has 0 bridgehead atoms. The van der Waals surface area contributed by atoms with Gasteiger partial charge in [-0.3, -0.25) is 4.79 Å². The highest BCUT2D eigenvalue weighted by molar-refractivity contribution is 5.85. The second kappa shape index (κ2) is 7.99. The van der Waals surface area contributed by atoms with Gasteiger partial charge in [0.1, 0.15) is 12.4 Å². The molecule has 0 radical (unpaired) electrons. The van der Waals surface area contributed by atoms with Crippen LogP contribution in [-0.2, 0) is 11.3 Å². The van der Waals surface area contributed by atoms with E-state index in [0.717, 1.165) is 16.9 Å². The van der Waals surface area contributed by atoms with Crippen molar-refractivity contribution in [3.63, 3.8) is 0 Å². The number of hydrogen-bond acceptors (Lipinski definition) is 3. The fourth-order valence-electron chi connectivity index (χ4n) is 1.81. The summed E-state index contributed by atoms with van der Waals surface area (Å²) in [6.07, 6.45) is 0. The van der Waals surface area contributed by atoms with Crippen molar-refractivity contribution in [1.82, 2.24) is 14.9 Å². The predicted molar refractivity (Wildman–Crippen MR) is 81.0 cm³/mol. The van der Waals surface area contributed by atoms with Crippen LogP contribution >= 0.6 is 24.8 Å². The van der Waals surface area contributed by atoms with Crippen molar-refractivity contribution in [1.29, 1.82) is 0 Å². The average molecular weight is 305 g/mol. The first kappa shape index (κ1) is 17.7. The molecule has 1 amide bonds. The van der Waals surface area contributed by atoms with Gasteiger partial charge in [0.2, 0.25) is 5.91 Å². The van der Waals surface area contributed by atoms with Gasteiger partial charge in [-0.1, -0.05) is 12.1 Å². The first-order valence-corrected chi connectivity index (χ1v) is 5.61. The number of aryl methyl sites for hydroxylation is 1. The van der Waals surface area contributed by atoms with Gasteiger partial charge in [-0.2, -0.15) is 0 Å². The minimum Gasteiger partial charge on any atom is -0.353 e. The zero-order valence-corrected chi connectivity index (χ0v) is 12.3. The zero-order valence-electron chi connectivity index (χ0n) is 10.6. The molecule has 0 aliphatic heterocycles. The molecule has 1 aromatic carbocycles. The van der Waals surface area contributed by atoms with E-state index in [-0.39, 0.29) is 37.3 Å². The number of hydrogen-bond donors (Lipinski definition) is 2. The number of aromatic nitrogens is 2. The molecule has 1 heterocycles. The highest BCUT2D eigenvalue weighted by Crippen LogP contribution is 2.14. The van der Waals surface area contributed by atoms with Crippen LogP contribution in [0.5, 0.6) is 0 Å². The SMILES string of the molecule is Cc1nc2ccccc2n1CC(=O)NCCN.Cl.Cl. The van der Waals surface area contributed by atoms with Gasteiger partial charge < -0.3 is 15.6 Å². The molecule has 5 nitrogen and oxygen atoms in total. The highest BCUT2D eigenvalue weighted by atomic mass is 35.5. The Labute approximate surface area is 124 Å². The molecule has 2 rings (SSSR count). The monoisotopic (exact) mass is 304 g/mol. The third-order valence-corrected chi connectivity index (χ3v) is 2.61. The largest absolute Gasteiger partial charge is 0.353 e. The standard InChI is InChI=1S/C12H16N4O.2ClH/c1-9-15-10-4-2-3-5-11(10)16(9)8-12(17)14-7-6-13;;/h2-5H,6-8,13H2,1H3,(H,14,17);2*1H. The summed E-state index contributed by atoms with van der Waals surface area (Å²) in [4.78, 5) is 16.1. The number of carbonyl (C=O) groups is 1. The number of benzene rings is 1. The second-order valence-electron chi connectivity index (χ2n) is 3.87. The molecule has 3 N–H and O–H groups in total. The highest BCUT2D eigenvalue weighted by Gasteiger charge is 2.09. The zero-order chi connectivity index (χ0) is 12.3. The number of amides is 1. The molecule has 0 unspecified atom stereocenters. The van der Waals surface area contributed by atoms with Gasteiger partial charge >= 0.3 is 0 Å². The molecule has 2 aromatic rings. The van der Waals surface area contributed by atoms with Crippen LogP contribution in [0.25, 0.3) is 11.0 Å². The van der Waals surface area contributed by atoms with E-state index < -0.39 is 0 Å². The minimum atomic E-state index is -0.0401. The summed E-state index contributed by atoms with van der Waals surface area (Å²) in [7, 11) is 0. The molecular formula is C12H18Cl2N4O. The summed E-state index contributed by atoms with van der Waals surface area (Å²) in [5, 5.41) is 2.75. The van der Waals surface area contributed by atoms with Crippen molar-refractivity contribution < 1.29 is 4.79 Å². The summed E-state index contributed by atoms with van der Waals surface area (Å²) >= 11 is 0. The normalized spacial score (nSPS) is 9.58. The van der Waals surface area contributed by atoms with Crippen LogP contribution in [0, 0.1) is 6.92 Å². The lowest BCUT2D eigenvalue weighted by atomic mass is 10.3. The Morgan fingerprint density at radius 3 is 2.74 bits per heavy atom. The second-order valence-corrected chi connectivity index (χ2v) is 3.87. The van der Waals surface area contributed by atoms with Crippen molar-refractivity contribution in [2.45, 2.75) is 13.5 Å². The number of nitrogens with zero attached hydrogens (tertiary/aromatic N) is 2. The van der Waals surface area contributed by atoms with Gasteiger partial charge in [-0.25, -0.2) is 4.98 Å². The maximum Gasteiger partial charge on any atom is 0.240 e. The maximum atomic E-state index is 11.6. The van der Waals surface area contributed by atoms with E-state index >= 15 is 0 Å². The van der Waals surface area contributed by atoms with E-state index in [1.165, 1.54) is 0 Å². The first-order valence-electron chi connectivity index (χ1n) is 5.61. The Morgan fingerprint density at radius 1 is 1.37 bits per heavy atom. The van der Waals surface area contributed by atoms with Crippen LogP contribution in [0.4, 0.5) is 0 Å². The number of para-hydroxylation sites is 2. The van der Waals surface area contributed by atoms with Crippen molar-refractivity contribution in [3.05, 3.63) is 30.1 Å². The van der Waals surface area contributed by atoms with Crippen LogP contribution in [-0.4, -0.2) is 28.5 Å². The number of nitrogens with two attached hydrogens (primary N) is 1. The van der Waals surface area contributed by atoms with Gasteiger partial charge in [-0.15, -0.1) is 24.8 Å². The van der Waals surface area contributed by atoms with Gasteiger partial charge in [0.05, 0.1) is 11.0 Å². The lowest BCUT2D eigenvalue weighted by molar-refractivity contribution is -0.121. The Morgan fingerprint density at radius 2 is 2.05 bits per heavy atom. The lowest BCUT2D eigenvalue weighted by Gasteiger charge is -2.07. The molecule has 19 heavy (non-hydrogen) atoms. The van der Waals surface area contributed by atoms with E-state index in [2.05, 4.69) is 10.3 Å². The Balaban J connectivity index is 0.00000162. The van der Waals surface area contributed by atoms with E-state index in [1.807, 2.05) is 35.8 Å². The molecule has 0 aliphatic carbocycles. The van der Waals surface area contributed by atoms with E-state index in [9.17, 15) is 4.79 Å². The van der Waals surface area contributed by atoms with E-state index in [0.29, 0.717) is 13.1 Å². The van der Waals surface area contributed by atoms with Crippen molar-refractivity contribution in [2.24, 2.45) is 5.73 Å². The van der Waals surface area contributed by atoms with Crippen molar-refractivity contribution in [3.8, 4) is 0 Å². The predicted octanol–water partition coefficient (Wildman–Crippen LogP) is 1.26. The van der Waals surface area contributed by atoms with Crippen LogP contribution in [0.1, 0.15) is 5.82 Å². The molecule has 1 aromatic heterocycles. The molecule has 106 valence electrons. The number of nitrogens with one attached hydrogen (secondary N) is 1. The van der Waals surface area contributed by atoms with Gasteiger partial charge in [0, 0.05) is 13.1 Å². The number of halogens is 2. The smallest absolute Gasteiger partial charge is 0.240 e. The van der Waals surface area contributed by atoms with E-state index in [1.54, 1.807) is 0 Å². The van der Waals surface area contributed by atoms with Gasteiger partial charge in [0.15, 0.2) is 0 Å². The van der Waals surface area contributed by atoms with Crippen molar-refractivity contribution >= 4 is 41.8 Å². The number of fused-ring (bicyclic) bond motifs is 1. The Bertz CT molecular complexity index is 542. The molecule has 0 saturated carbocycles. The number of carbonyl (C=O) groups excluding carboxylic acids is 1. The number of rotatable bonds is 4. The van der Waals surface area contributed by atoms with Crippen LogP contribution in [0.3, 0.4) is 0 Å². The quantitative estimate of drug-likeness (QED) is 0.893. The minimum absolute atomic E-state index is 0. The third-order valence-electron chi connectivity index (χ3n) is 2.61. The third kappa shape index (κ3) is 4.09. The molecule has 0 saturated heterocycles.